The molecular formula is C23H25Cl2N5S. The van der Waals surface area contributed by atoms with Crippen molar-refractivity contribution in [3.05, 3.63) is 81.6 Å². The minimum absolute atomic E-state index is 0.572. The highest BCUT2D eigenvalue weighted by molar-refractivity contribution is 7.80. The van der Waals surface area contributed by atoms with Crippen LogP contribution in [0.25, 0.3) is 0 Å². The van der Waals surface area contributed by atoms with Gasteiger partial charge in [-0.2, -0.15) is 5.10 Å². The van der Waals surface area contributed by atoms with Crippen LogP contribution in [0.15, 0.2) is 54.9 Å². The van der Waals surface area contributed by atoms with Crippen LogP contribution < -0.4 is 5.32 Å². The molecule has 1 saturated heterocycles. The Kier molecular flexibility index (Phi) is 7.13. The van der Waals surface area contributed by atoms with E-state index in [2.05, 4.69) is 51.4 Å². The minimum atomic E-state index is 0.572. The fourth-order valence-corrected chi connectivity index (χ4v) is 4.37. The van der Waals surface area contributed by atoms with E-state index in [0.29, 0.717) is 16.6 Å². The summed E-state index contributed by atoms with van der Waals surface area (Å²) in [5.74, 6) is 0. The highest BCUT2D eigenvalue weighted by atomic mass is 35.5. The summed E-state index contributed by atoms with van der Waals surface area (Å²) in [6.45, 7) is 7.47. The third-order valence-corrected chi connectivity index (χ3v) is 6.37. The van der Waals surface area contributed by atoms with Crippen LogP contribution in [0, 0.1) is 6.92 Å². The lowest BCUT2D eigenvalue weighted by Gasteiger charge is -2.36. The fourth-order valence-electron chi connectivity index (χ4n) is 3.60. The quantitative estimate of drug-likeness (QED) is 0.523. The zero-order valence-electron chi connectivity index (χ0n) is 17.4. The van der Waals surface area contributed by atoms with E-state index in [9.17, 15) is 0 Å². The van der Waals surface area contributed by atoms with Gasteiger partial charge in [-0.25, -0.2) is 0 Å². The van der Waals surface area contributed by atoms with Gasteiger partial charge in [-0.05, 0) is 42.4 Å². The lowest BCUT2D eigenvalue weighted by molar-refractivity contribution is 0.177. The second kappa shape index (κ2) is 10.0. The van der Waals surface area contributed by atoms with Gasteiger partial charge in [0.15, 0.2) is 5.11 Å². The molecule has 0 atom stereocenters. The van der Waals surface area contributed by atoms with Crippen molar-refractivity contribution in [2.45, 2.75) is 20.0 Å². The first kappa shape index (κ1) is 22.1. The van der Waals surface area contributed by atoms with Gasteiger partial charge in [-0.3, -0.25) is 9.58 Å². The summed E-state index contributed by atoms with van der Waals surface area (Å²) in [6.07, 6.45) is 3.72. The number of anilines is 1. The van der Waals surface area contributed by atoms with Crippen molar-refractivity contribution in [1.29, 1.82) is 0 Å². The van der Waals surface area contributed by atoms with Crippen LogP contribution in [0.4, 0.5) is 5.69 Å². The number of rotatable bonds is 5. The van der Waals surface area contributed by atoms with Crippen LogP contribution >= 0.6 is 35.4 Å². The van der Waals surface area contributed by atoms with Crippen molar-refractivity contribution in [2.75, 3.05) is 31.5 Å². The fraction of sp³-hybridized carbons (Fsp3) is 0.304. The average Bonchev–Trinajstić information content (AvgIpc) is 3.19. The summed E-state index contributed by atoms with van der Waals surface area (Å²) < 4.78 is 1.83. The summed E-state index contributed by atoms with van der Waals surface area (Å²) in [5.41, 5.74) is 4.49. The van der Waals surface area contributed by atoms with E-state index in [1.165, 1.54) is 11.1 Å². The predicted octanol–water partition coefficient (Wildman–Crippen LogP) is 5.06. The van der Waals surface area contributed by atoms with Gasteiger partial charge in [0, 0.05) is 49.0 Å². The first-order valence-corrected chi connectivity index (χ1v) is 11.4. The molecule has 1 aliphatic rings. The standard InChI is InChI=1S/C23H25Cl2N5S/c1-17-2-4-18(5-3-17)14-28-8-10-29(11-9-28)23(31)27-21-13-26-30(16-21)15-19-6-7-20(24)12-22(19)25/h2-7,12-13,16H,8-11,14-15H2,1H3,(H,27,31). The Morgan fingerprint density at radius 1 is 1.03 bits per heavy atom. The molecule has 4 rings (SSSR count). The maximum Gasteiger partial charge on any atom is 0.173 e. The molecule has 0 aliphatic carbocycles. The number of hydrogen-bond acceptors (Lipinski definition) is 3. The van der Waals surface area contributed by atoms with E-state index in [0.717, 1.165) is 49.1 Å². The molecule has 1 aliphatic heterocycles. The van der Waals surface area contributed by atoms with Crippen molar-refractivity contribution in [3.8, 4) is 0 Å². The van der Waals surface area contributed by atoms with Gasteiger partial charge in [-0.15, -0.1) is 0 Å². The number of piperazine rings is 1. The summed E-state index contributed by atoms with van der Waals surface area (Å²) in [6, 6.07) is 14.3. The number of aromatic nitrogens is 2. The molecule has 0 saturated carbocycles. The van der Waals surface area contributed by atoms with Crippen LogP contribution in [-0.4, -0.2) is 50.9 Å². The Bertz CT molecular complexity index is 1040. The molecule has 0 bridgehead atoms. The van der Waals surface area contributed by atoms with Crippen molar-refractivity contribution < 1.29 is 0 Å². The van der Waals surface area contributed by atoms with Gasteiger partial charge in [0.1, 0.15) is 0 Å². The molecule has 8 heteroatoms. The van der Waals surface area contributed by atoms with Crippen molar-refractivity contribution in [3.63, 3.8) is 0 Å². The Hall–Kier alpha value is -2.12. The van der Waals surface area contributed by atoms with E-state index in [4.69, 9.17) is 35.4 Å². The Morgan fingerprint density at radius 3 is 2.48 bits per heavy atom. The topological polar surface area (TPSA) is 36.3 Å². The molecular weight excluding hydrogens is 449 g/mol. The Labute approximate surface area is 198 Å². The lowest BCUT2D eigenvalue weighted by atomic mass is 10.1. The normalized spacial score (nSPS) is 14.6. The summed E-state index contributed by atoms with van der Waals surface area (Å²) in [4.78, 5) is 4.69. The average molecular weight is 474 g/mol. The second-order valence-corrected chi connectivity index (χ2v) is 9.07. The zero-order chi connectivity index (χ0) is 21.8. The van der Waals surface area contributed by atoms with Crippen LogP contribution in [0.1, 0.15) is 16.7 Å². The molecule has 2 heterocycles. The molecule has 1 N–H and O–H groups in total. The largest absolute Gasteiger partial charge is 0.346 e. The van der Waals surface area contributed by atoms with Gasteiger partial charge in [-0.1, -0.05) is 59.1 Å². The second-order valence-electron chi connectivity index (χ2n) is 7.84. The molecule has 0 amide bonds. The predicted molar refractivity (Wildman–Crippen MR) is 132 cm³/mol. The molecule has 2 aromatic carbocycles. The minimum Gasteiger partial charge on any atom is -0.346 e. The van der Waals surface area contributed by atoms with Crippen molar-refractivity contribution in [2.24, 2.45) is 0 Å². The van der Waals surface area contributed by atoms with Crippen LogP contribution in [-0.2, 0) is 13.1 Å². The lowest BCUT2D eigenvalue weighted by Crippen LogP contribution is -2.49. The number of nitrogens with zero attached hydrogens (tertiary/aromatic N) is 4. The Morgan fingerprint density at radius 2 is 1.77 bits per heavy atom. The molecule has 5 nitrogen and oxygen atoms in total. The van der Waals surface area contributed by atoms with E-state index in [1.807, 2.05) is 23.0 Å². The molecule has 0 radical (unpaired) electrons. The van der Waals surface area contributed by atoms with E-state index < -0.39 is 0 Å². The third kappa shape index (κ3) is 5.98. The van der Waals surface area contributed by atoms with Crippen LogP contribution in [0.5, 0.6) is 0 Å². The summed E-state index contributed by atoms with van der Waals surface area (Å²) >= 11 is 17.9. The molecule has 0 unspecified atom stereocenters. The smallest absolute Gasteiger partial charge is 0.173 e. The summed E-state index contributed by atoms with van der Waals surface area (Å²) in [7, 11) is 0. The molecule has 1 fully saturated rings. The summed E-state index contributed by atoms with van der Waals surface area (Å²) in [5, 5.41) is 9.72. The number of hydrogen-bond donors (Lipinski definition) is 1. The first-order chi connectivity index (χ1) is 15.0. The maximum absolute atomic E-state index is 6.27. The monoisotopic (exact) mass is 473 g/mol. The molecule has 31 heavy (non-hydrogen) atoms. The van der Waals surface area contributed by atoms with Crippen LogP contribution in [0.3, 0.4) is 0 Å². The van der Waals surface area contributed by atoms with Gasteiger partial charge >= 0.3 is 0 Å². The van der Waals surface area contributed by atoms with Crippen molar-refractivity contribution in [1.82, 2.24) is 19.6 Å². The number of aryl methyl sites for hydroxylation is 1. The first-order valence-electron chi connectivity index (χ1n) is 10.3. The number of thiocarbonyl (C=S) groups is 1. The molecule has 3 aromatic rings. The highest BCUT2D eigenvalue weighted by Crippen LogP contribution is 2.22. The van der Waals surface area contributed by atoms with E-state index in [1.54, 1.807) is 12.3 Å². The molecule has 162 valence electrons. The van der Waals surface area contributed by atoms with Gasteiger partial charge < -0.3 is 10.2 Å². The highest BCUT2D eigenvalue weighted by Gasteiger charge is 2.19. The number of nitrogens with one attached hydrogen (secondary N) is 1. The van der Waals surface area contributed by atoms with Gasteiger partial charge in [0.2, 0.25) is 0 Å². The SMILES string of the molecule is Cc1ccc(CN2CCN(C(=S)Nc3cnn(Cc4ccc(Cl)cc4Cl)c3)CC2)cc1. The maximum atomic E-state index is 6.27. The van der Waals surface area contributed by atoms with Crippen molar-refractivity contribution >= 4 is 46.2 Å². The molecule has 1 aromatic heterocycles. The zero-order valence-corrected chi connectivity index (χ0v) is 19.7. The van der Waals surface area contributed by atoms with Crippen LogP contribution in [0.2, 0.25) is 10.0 Å². The Balaban J connectivity index is 1.27. The van der Waals surface area contributed by atoms with E-state index >= 15 is 0 Å². The third-order valence-electron chi connectivity index (χ3n) is 5.42. The molecule has 0 spiro atoms. The number of halogens is 2. The van der Waals surface area contributed by atoms with Gasteiger partial charge in [0.25, 0.3) is 0 Å². The van der Waals surface area contributed by atoms with Gasteiger partial charge in [0.05, 0.1) is 18.4 Å². The number of benzene rings is 2. The van der Waals surface area contributed by atoms with E-state index in [-0.39, 0.29) is 0 Å².